The van der Waals surface area contributed by atoms with Gasteiger partial charge in [-0.1, -0.05) is 26.8 Å². The van der Waals surface area contributed by atoms with Gasteiger partial charge in [-0.2, -0.15) is 5.10 Å². The lowest BCUT2D eigenvalue weighted by Crippen LogP contribution is -2.34. The van der Waals surface area contributed by atoms with Crippen molar-refractivity contribution in [3.63, 3.8) is 0 Å². The predicted molar refractivity (Wildman–Crippen MR) is 99.0 cm³/mol. The Morgan fingerprint density at radius 2 is 2.13 bits per heavy atom. The van der Waals surface area contributed by atoms with Crippen molar-refractivity contribution in [2.24, 2.45) is 21.8 Å². The molecule has 0 heterocycles. The molecule has 2 fully saturated rings. The molecule has 0 aromatic heterocycles. The molecule has 2 bridgehead atoms. The van der Waals surface area contributed by atoms with Crippen LogP contribution in [0.25, 0.3) is 0 Å². The van der Waals surface area contributed by atoms with Crippen molar-refractivity contribution in [2.75, 3.05) is 12.4 Å². The SMILES string of the molecule is COc1cccc(NC(=S)N/N=C2/CC3CCC2(C)C3(C)C)c1. The second-order valence-electron chi connectivity index (χ2n) is 7.35. The van der Waals surface area contributed by atoms with E-state index in [2.05, 4.69) is 36.6 Å². The summed E-state index contributed by atoms with van der Waals surface area (Å²) in [6.45, 7) is 7.10. The first kappa shape index (κ1) is 16.2. The summed E-state index contributed by atoms with van der Waals surface area (Å²) in [6, 6.07) is 7.68. The number of rotatable bonds is 3. The van der Waals surface area contributed by atoms with Crippen LogP contribution in [0.1, 0.15) is 40.0 Å². The standard InChI is InChI=1S/C18H25N3OS/c1-17(2)12-8-9-18(17,3)15(10-12)20-21-16(23)19-13-6-5-7-14(11-13)22-4/h5-7,11-12H,8-10H2,1-4H3,(H2,19,21,23)/b20-15-. The third kappa shape index (κ3) is 2.71. The summed E-state index contributed by atoms with van der Waals surface area (Å²) in [5.41, 5.74) is 5.69. The van der Waals surface area contributed by atoms with Crippen LogP contribution in [-0.2, 0) is 0 Å². The number of thiocarbonyl (C=S) groups is 1. The minimum atomic E-state index is 0.191. The van der Waals surface area contributed by atoms with Crippen LogP contribution in [0.2, 0.25) is 0 Å². The molecule has 23 heavy (non-hydrogen) atoms. The van der Waals surface area contributed by atoms with Crippen LogP contribution in [0, 0.1) is 16.7 Å². The maximum Gasteiger partial charge on any atom is 0.191 e. The third-order valence-corrected chi connectivity index (χ3v) is 6.33. The summed E-state index contributed by atoms with van der Waals surface area (Å²) in [5, 5.41) is 8.30. The zero-order chi connectivity index (χ0) is 16.7. The van der Waals surface area contributed by atoms with Crippen LogP contribution in [-0.4, -0.2) is 17.9 Å². The molecule has 0 amide bonds. The first-order valence-electron chi connectivity index (χ1n) is 8.15. The van der Waals surface area contributed by atoms with Crippen LogP contribution in [0.15, 0.2) is 29.4 Å². The molecule has 1 aromatic carbocycles. The van der Waals surface area contributed by atoms with E-state index >= 15 is 0 Å². The molecule has 124 valence electrons. The Bertz CT molecular complexity index is 655. The number of anilines is 1. The number of hydrogen-bond acceptors (Lipinski definition) is 3. The average molecular weight is 331 g/mol. The van der Waals surface area contributed by atoms with Gasteiger partial charge in [0.25, 0.3) is 0 Å². The summed E-state index contributed by atoms with van der Waals surface area (Å²) in [5.74, 6) is 1.54. The van der Waals surface area contributed by atoms with E-state index in [4.69, 9.17) is 17.0 Å². The molecule has 2 aliphatic rings. The summed E-state index contributed by atoms with van der Waals surface area (Å²) in [7, 11) is 1.65. The smallest absolute Gasteiger partial charge is 0.191 e. The van der Waals surface area contributed by atoms with Crippen molar-refractivity contribution >= 4 is 28.7 Å². The molecular formula is C18H25N3OS. The minimum absolute atomic E-state index is 0.191. The maximum atomic E-state index is 5.36. The predicted octanol–water partition coefficient (Wildman–Crippen LogP) is 4.18. The third-order valence-electron chi connectivity index (χ3n) is 6.13. The number of nitrogens with one attached hydrogen (secondary N) is 2. The van der Waals surface area contributed by atoms with E-state index in [9.17, 15) is 0 Å². The van der Waals surface area contributed by atoms with Gasteiger partial charge in [0.05, 0.1) is 7.11 Å². The second kappa shape index (κ2) is 5.78. The molecule has 3 rings (SSSR count). The van der Waals surface area contributed by atoms with Crippen molar-refractivity contribution in [3.05, 3.63) is 24.3 Å². The van der Waals surface area contributed by atoms with E-state index < -0.39 is 0 Å². The molecule has 2 N–H and O–H groups in total. The first-order chi connectivity index (χ1) is 10.9. The normalized spacial score (nSPS) is 29.6. The fraction of sp³-hybridized carbons (Fsp3) is 0.556. The molecule has 0 spiro atoms. The van der Waals surface area contributed by atoms with Crippen LogP contribution in [0.4, 0.5) is 5.69 Å². The number of methoxy groups -OCH3 is 1. The number of nitrogens with zero attached hydrogens (tertiary/aromatic N) is 1. The van der Waals surface area contributed by atoms with Crippen molar-refractivity contribution in [2.45, 2.75) is 40.0 Å². The van der Waals surface area contributed by atoms with Gasteiger partial charge in [-0.15, -0.1) is 0 Å². The molecule has 1 aromatic rings. The van der Waals surface area contributed by atoms with Gasteiger partial charge in [0.15, 0.2) is 5.11 Å². The van der Waals surface area contributed by atoms with Gasteiger partial charge in [0.2, 0.25) is 0 Å². The fourth-order valence-corrected chi connectivity index (χ4v) is 4.24. The highest BCUT2D eigenvalue weighted by molar-refractivity contribution is 7.80. The van der Waals surface area contributed by atoms with Crippen LogP contribution < -0.4 is 15.5 Å². The molecule has 0 aliphatic heterocycles. The quantitative estimate of drug-likeness (QED) is 0.644. The average Bonchev–Trinajstić information content (AvgIpc) is 2.86. The summed E-state index contributed by atoms with van der Waals surface area (Å²) in [6.07, 6.45) is 3.62. The Morgan fingerprint density at radius 3 is 2.74 bits per heavy atom. The van der Waals surface area contributed by atoms with Crippen molar-refractivity contribution in [1.29, 1.82) is 0 Å². The fourth-order valence-electron chi connectivity index (χ4n) is 4.08. The van der Waals surface area contributed by atoms with E-state index in [1.54, 1.807) is 7.11 Å². The van der Waals surface area contributed by atoms with E-state index in [0.717, 1.165) is 23.8 Å². The van der Waals surface area contributed by atoms with Crippen molar-refractivity contribution in [3.8, 4) is 5.75 Å². The minimum Gasteiger partial charge on any atom is -0.497 e. The second-order valence-corrected chi connectivity index (χ2v) is 7.76. The van der Waals surface area contributed by atoms with Gasteiger partial charge < -0.3 is 10.1 Å². The van der Waals surface area contributed by atoms with Crippen molar-refractivity contribution < 1.29 is 4.74 Å². The van der Waals surface area contributed by atoms with Crippen LogP contribution in [0.5, 0.6) is 5.75 Å². The molecule has 0 radical (unpaired) electrons. The lowest BCUT2D eigenvalue weighted by atomic mass is 9.70. The highest BCUT2D eigenvalue weighted by Gasteiger charge is 2.59. The van der Waals surface area contributed by atoms with Gasteiger partial charge in [0, 0.05) is 22.9 Å². The molecule has 2 atom stereocenters. The molecule has 5 heteroatoms. The molecule has 2 unspecified atom stereocenters. The van der Waals surface area contributed by atoms with Crippen LogP contribution in [0.3, 0.4) is 0 Å². The van der Waals surface area contributed by atoms with Gasteiger partial charge in [-0.25, -0.2) is 0 Å². The monoisotopic (exact) mass is 331 g/mol. The zero-order valence-corrected chi connectivity index (χ0v) is 15.1. The van der Waals surface area contributed by atoms with E-state index in [-0.39, 0.29) is 5.41 Å². The first-order valence-corrected chi connectivity index (χ1v) is 8.56. The lowest BCUT2D eigenvalue weighted by Gasteiger charge is -2.34. The summed E-state index contributed by atoms with van der Waals surface area (Å²) in [4.78, 5) is 0. The van der Waals surface area contributed by atoms with E-state index in [1.807, 2.05) is 24.3 Å². The number of hydrazone groups is 1. The van der Waals surface area contributed by atoms with Gasteiger partial charge in [-0.05, 0) is 54.9 Å². The molecule has 2 saturated carbocycles. The number of ether oxygens (including phenoxy) is 1. The highest BCUT2D eigenvalue weighted by atomic mass is 32.1. The summed E-state index contributed by atoms with van der Waals surface area (Å²) < 4.78 is 5.22. The van der Waals surface area contributed by atoms with Crippen LogP contribution >= 0.6 is 12.2 Å². The van der Waals surface area contributed by atoms with Gasteiger partial charge >= 0.3 is 0 Å². The molecular weight excluding hydrogens is 306 g/mol. The zero-order valence-electron chi connectivity index (χ0n) is 14.3. The summed E-state index contributed by atoms with van der Waals surface area (Å²) >= 11 is 5.36. The van der Waals surface area contributed by atoms with E-state index in [1.165, 1.54) is 18.6 Å². The number of hydrogen-bond donors (Lipinski definition) is 2. The lowest BCUT2D eigenvalue weighted by molar-refractivity contribution is 0.193. The number of benzene rings is 1. The molecule has 4 nitrogen and oxygen atoms in total. The Balaban J connectivity index is 1.65. The Morgan fingerprint density at radius 1 is 1.35 bits per heavy atom. The van der Waals surface area contributed by atoms with Crippen molar-refractivity contribution in [1.82, 2.24) is 5.43 Å². The Hall–Kier alpha value is -1.62. The molecule has 2 aliphatic carbocycles. The van der Waals surface area contributed by atoms with Gasteiger partial charge in [-0.3, -0.25) is 5.43 Å². The highest BCUT2D eigenvalue weighted by Crippen LogP contribution is 2.63. The van der Waals surface area contributed by atoms with Gasteiger partial charge in [0.1, 0.15) is 5.75 Å². The number of fused-ring (bicyclic) bond motifs is 2. The largest absolute Gasteiger partial charge is 0.497 e. The Kier molecular flexibility index (Phi) is 4.08. The topological polar surface area (TPSA) is 45.6 Å². The molecule has 0 saturated heterocycles. The maximum absolute atomic E-state index is 5.36. The van der Waals surface area contributed by atoms with E-state index in [0.29, 0.717) is 10.5 Å². The Labute approximate surface area is 143 Å².